The van der Waals surface area contributed by atoms with Crippen molar-refractivity contribution < 1.29 is 29.0 Å². The molecule has 0 aromatic heterocycles. The first-order valence-corrected chi connectivity index (χ1v) is 18.7. The molecule has 0 bridgehead atoms. The molecular weight excluding hydrogens is 882 g/mol. The minimum atomic E-state index is -1.43. The second-order valence-corrected chi connectivity index (χ2v) is 16.0. The predicted octanol–water partition coefficient (Wildman–Crippen LogP) is 7.63. The Morgan fingerprint density at radius 3 is 2.26 bits per heavy atom. The molecule has 6 atom stereocenters. The van der Waals surface area contributed by atoms with Gasteiger partial charge in [0.05, 0.1) is 45.2 Å². The molecule has 2 aliphatic carbocycles. The number of imide groups is 2. The maximum atomic E-state index is 15.4. The van der Waals surface area contributed by atoms with Crippen LogP contribution in [0.5, 0.6) is 11.5 Å². The standard InChI is InChI=1S/C39H29ClI2N2O6/c1-50-31-17-20(16-30(42)34(31)45)33-26-14-15-27-32(37(48)43(35(27)46)24-12-10-23(41)11-13-24)28(26)19-29-36(47)44(25-9-5-8-22(40)18-25)38(49)39(29,33)21-6-3-2-4-7-21/h2-14,16-18,27-29,32-33,45H,15,19H2,1H3/t27-,28+,29-,32-,33-,39+/m0/s1. The first-order valence-electron chi connectivity index (χ1n) is 16.2. The third kappa shape index (κ3) is 4.80. The molecule has 4 aromatic rings. The van der Waals surface area contributed by atoms with Gasteiger partial charge in [-0.3, -0.25) is 24.1 Å². The Hall–Kier alpha value is -3.75. The topological polar surface area (TPSA) is 104 Å². The molecule has 1 N–H and O–H groups in total. The molecule has 4 aliphatic rings. The average Bonchev–Trinajstić information content (AvgIpc) is 3.50. The van der Waals surface area contributed by atoms with Crippen molar-refractivity contribution in [2.24, 2.45) is 23.7 Å². The Bertz CT molecular complexity index is 2140. The van der Waals surface area contributed by atoms with Gasteiger partial charge in [0.15, 0.2) is 11.5 Å². The van der Waals surface area contributed by atoms with Crippen molar-refractivity contribution in [3.63, 3.8) is 0 Å². The summed E-state index contributed by atoms with van der Waals surface area (Å²) >= 11 is 10.6. The fourth-order valence-electron chi connectivity index (χ4n) is 8.88. The van der Waals surface area contributed by atoms with E-state index in [4.69, 9.17) is 16.3 Å². The summed E-state index contributed by atoms with van der Waals surface area (Å²) in [4.78, 5) is 61.3. The molecule has 4 amide bonds. The van der Waals surface area contributed by atoms with Gasteiger partial charge in [-0.05, 0) is 130 Å². The molecule has 0 spiro atoms. The molecule has 0 radical (unpaired) electrons. The van der Waals surface area contributed by atoms with E-state index in [-0.39, 0.29) is 35.6 Å². The molecule has 11 heteroatoms. The third-order valence-corrected chi connectivity index (χ3v) is 12.6. The van der Waals surface area contributed by atoms with Crippen molar-refractivity contribution in [2.75, 3.05) is 16.9 Å². The number of nitrogens with zero attached hydrogens (tertiary/aromatic N) is 2. The van der Waals surface area contributed by atoms with Gasteiger partial charge in [0.1, 0.15) is 0 Å². The number of anilines is 2. The summed E-state index contributed by atoms with van der Waals surface area (Å²) in [6.07, 6.45) is 2.51. The van der Waals surface area contributed by atoms with Gasteiger partial charge in [0, 0.05) is 14.5 Å². The number of amides is 4. The van der Waals surface area contributed by atoms with Crippen LogP contribution in [0.2, 0.25) is 5.02 Å². The van der Waals surface area contributed by atoms with Crippen molar-refractivity contribution in [3.8, 4) is 11.5 Å². The Kier molecular flexibility index (Phi) is 8.34. The van der Waals surface area contributed by atoms with Crippen LogP contribution in [0.25, 0.3) is 0 Å². The van der Waals surface area contributed by atoms with E-state index in [0.29, 0.717) is 37.5 Å². The van der Waals surface area contributed by atoms with Crippen LogP contribution in [0, 0.1) is 30.8 Å². The molecule has 50 heavy (non-hydrogen) atoms. The molecule has 8 nitrogen and oxygen atoms in total. The first-order chi connectivity index (χ1) is 24.1. The van der Waals surface area contributed by atoms with E-state index in [1.165, 1.54) is 16.9 Å². The van der Waals surface area contributed by atoms with E-state index < -0.39 is 40.9 Å². The minimum Gasteiger partial charge on any atom is -0.504 e. The largest absolute Gasteiger partial charge is 0.504 e. The van der Waals surface area contributed by atoms with Crippen molar-refractivity contribution in [1.29, 1.82) is 0 Å². The summed E-state index contributed by atoms with van der Waals surface area (Å²) in [6, 6.07) is 26.8. The van der Waals surface area contributed by atoms with Crippen molar-refractivity contribution in [2.45, 2.75) is 24.2 Å². The number of fused-ring (bicyclic) bond motifs is 4. The second kappa shape index (κ2) is 12.5. The number of carbonyl (C=O) groups is 4. The van der Waals surface area contributed by atoms with E-state index in [0.717, 1.165) is 9.14 Å². The number of rotatable bonds is 5. The van der Waals surface area contributed by atoms with Crippen LogP contribution in [0.4, 0.5) is 11.4 Å². The highest BCUT2D eigenvalue weighted by Crippen LogP contribution is 2.65. The van der Waals surface area contributed by atoms with Crippen LogP contribution in [-0.2, 0) is 24.6 Å². The number of allylic oxidation sites excluding steroid dienone is 2. The molecule has 252 valence electrons. The Morgan fingerprint density at radius 2 is 1.56 bits per heavy atom. The Labute approximate surface area is 320 Å². The zero-order valence-electron chi connectivity index (χ0n) is 26.6. The van der Waals surface area contributed by atoms with Gasteiger partial charge in [-0.15, -0.1) is 0 Å². The molecular formula is C39H29ClI2N2O6. The fourth-order valence-corrected chi connectivity index (χ4v) is 10.0. The van der Waals surface area contributed by atoms with Crippen molar-refractivity contribution in [3.05, 3.63) is 126 Å². The number of hydrogen-bond acceptors (Lipinski definition) is 6. The van der Waals surface area contributed by atoms with Crippen molar-refractivity contribution in [1.82, 2.24) is 0 Å². The summed E-state index contributed by atoms with van der Waals surface area (Å²) in [6.45, 7) is 0. The van der Waals surface area contributed by atoms with E-state index in [9.17, 15) is 19.5 Å². The van der Waals surface area contributed by atoms with Crippen LogP contribution < -0.4 is 14.5 Å². The molecule has 1 saturated carbocycles. The highest BCUT2D eigenvalue weighted by molar-refractivity contribution is 14.1. The van der Waals surface area contributed by atoms with Crippen LogP contribution in [0.1, 0.15) is 29.9 Å². The number of phenols is 1. The van der Waals surface area contributed by atoms with Crippen LogP contribution in [-0.4, -0.2) is 35.8 Å². The SMILES string of the molecule is COc1cc([C@H]2C3=CC[C@@H]4C(=O)N(c5ccc(I)cc5)C(=O)[C@@H]4[C@@H]3C[C@H]3C(=O)N(c4cccc(Cl)c4)C(=O)[C@@]23c2ccccc2)cc(I)c1O. The minimum absolute atomic E-state index is 0.0358. The molecule has 2 heterocycles. The van der Waals surface area contributed by atoms with Crippen LogP contribution in [0.15, 0.2) is 103 Å². The summed E-state index contributed by atoms with van der Waals surface area (Å²) in [5, 5.41) is 11.3. The fraction of sp³-hybridized carbons (Fsp3) is 0.231. The van der Waals surface area contributed by atoms with Crippen LogP contribution >= 0.6 is 56.8 Å². The number of methoxy groups -OCH3 is 1. The zero-order valence-corrected chi connectivity index (χ0v) is 31.6. The number of hydrogen-bond donors (Lipinski definition) is 1. The lowest BCUT2D eigenvalue weighted by molar-refractivity contribution is -0.127. The lowest BCUT2D eigenvalue weighted by atomic mass is 9.49. The normalized spacial score (nSPS) is 27.2. The second-order valence-electron chi connectivity index (χ2n) is 13.1. The van der Waals surface area contributed by atoms with Gasteiger partial charge >= 0.3 is 0 Å². The lowest BCUT2D eigenvalue weighted by Crippen LogP contribution is -2.53. The zero-order chi connectivity index (χ0) is 35.1. The summed E-state index contributed by atoms with van der Waals surface area (Å²) in [7, 11) is 1.46. The molecule has 2 saturated heterocycles. The predicted molar refractivity (Wildman–Crippen MR) is 205 cm³/mol. The highest BCUT2D eigenvalue weighted by Gasteiger charge is 2.70. The molecule has 0 unspecified atom stereocenters. The quantitative estimate of drug-likeness (QED) is 0.126. The third-order valence-electron chi connectivity index (χ3n) is 10.9. The number of carbonyl (C=O) groups excluding carboxylic acids is 4. The molecule has 3 fully saturated rings. The first kappa shape index (κ1) is 33.4. The van der Waals surface area contributed by atoms with E-state index in [2.05, 4.69) is 22.6 Å². The van der Waals surface area contributed by atoms with Gasteiger partial charge in [-0.1, -0.05) is 59.6 Å². The van der Waals surface area contributed by atoms with Gasteiger partial charge in [-0.2, -0.15) is 0 Å². The number of benzene rings is 4. The van der Waals surface area contributed by atoms with E-state index in [1.807, 2.05) is 77.2 Å². The number of ether oxygens (including phenoxy) is 1. The van der Waals surface area contributed by atoms with Crippen LogP contribution in [0.3, 0.4) is 0 Å². The summed E-state index contributed by atoms with van der Waals surface area (Å²) < 4.78 is 7.10. The highest BCUT2D eigenvalue weighted by atomic mass is 127. The van der Waals surface area contributed by atoms with E-state index in [1.54, 1.807) is 42.5 Å². The number of phenolic OH excluding ortho intramolecular Hbond substituents is 1. The van der Waals surface area contributed by atoms with Gasteiger partial charge in [-0.25, -0.2) is 4.90 Å². The van der Waals surface area contributed by atoms with E-state index >= 15 is 4.79 Å². The lowest BCUT2D eigenvalue weighted by Gasteiger charge is -2.50. The summed E-state index contributed by atoms with van der Waals surface area (Å²) in [5.74, 6) is -4.64. The maximum Gasteiger partial charge on any atom is 0.246 e. The molecule has 8 rings (SSSR count). The van der Waals surface area contributed by atoms with Gasteiger partial charge in [0.2, 0.25) is 23.6 Å². The molecule has 2 aliphatic heterocycles. The van der Waals surface area contributed by atoms with Gasteiger partial charge in [0.25, 0.3) is 0 Å². The molecule has 4 aromatic carbocycles. The smallest absolute Gasteiger partial charge is 0.246 e. The average molecular weight is 911 g/mol. The number of aromatic hydroxyl groups is 1. The Morgan fingerprint density at radius 1 is 0.820 bits per heavy atom. The monoisotopic (exact) mass is 910 g/mol. The Balaban J connectivity index is 1.37. The van der Waals surface area contributed by atoms with Crippen molar-refractivity contribution >= 4 is 91.8 Å². The maximum absolute atomic E-state index is 15.4. The summed E-state index contributed by atoms with van der Waals surface area (Å²) in [5.41, 5.74) is 1.60. The van der Waals surface area contributed by atoms with Gasteiger partial charge < -0.3 is 9.84 Å². The number of halogens is 3.